The first-order valence-electron chi connectivity index (χ1n) is 7.40. The molecule has 2 aliphatic heterocycles. The van der Waals surface area contributed by atoms with E-state index >= 15 is 0 Å². The smallest absolute Gasteiger partial charge is 0.310 e. The summed E-state index contributed by atoms with van der Waals surface area (Å²) in [6.07, 6.45) is 0.114. The summed E-state index contributed by atoms with van der Waals surface area (Å²) in [5.74, 6) is -5.65. The number of carbonyl (C=O) groups excluding carboxylic acids is 2. The number of benzene rings is 1. The standard InChI is InChI=1S/C16H16F3NO3/c1-23-15(22)9-2-4-11-7-16(18,19)13-6-10(17)3-5-12(13)14(21)20(11)8-9/h3,5-6,9,11H,2,4,7-8H2,1H3/t9-,11-/m0/s1. The highest BCUT2D eigenvalue weighted by atomic mass is 19.3. The van der Waals surface area contributed by atoms with Crippen LogP contribution in [-0.2, 0) is 15.5 Å². The molecule has 4 nitrogen and oxygen atoms in total. The second-order valence-corrected chi connectivity index (χ2v) is 6.01. The van der Waals surface area contributed by atoms with E-state index in [9.17, 15) is 22.8 Å². The molecule has 0 aromatic heterocycles. The number of alkyl halides is 2. The molecule has 0 N–H and O–H groups in total. The zero-order valence-electron chi connectivity index (χ0n) is 12.5. The van der Waals surface area contributed by atoms with Crippen LogP contribution in [-0.4, -0.2) is 36.5 Å². The quantitative estimate of drug-likeness (QED) is 0.745. The normalized spacial score (nSPS) is 26.1. The lowest BCUT2D eigenvalue weighted by atomic mass is 9.90. The fourth-order valence-electron chi connectivity index (χ4n) is 3.41. The van der Waals surface area contributed by atoms with E-state index in [1.54, 1.807) is 0 Å². The van der Waals surface area contributed by atoms with Crippen molar-refractivity contribution in [2.75, 3.05) is 13.7 Å². The van der Waals surface area contributed by atoms with Gasteiger partial charge in [0.1, 0.15) is 5.82 Å². The molecule has 1 fully saturated rings. The monoisotopic (exact) mass is 327 g/mol. The molecule has 124 valence electrons. The van der Waals surface area contributed by atoms with Crippen molar-refractivity contribution >= 4 is 11.9 Å². The number of amides is 1. The minimum atomic E-state index is -3.29. The highest BCUT2D eigenvalue weighted by Crippen LogP contribution is 2.42. The second-order valence-electron chi connectivity index (χ2n) is 6.01. The molecule has 0 spiro atoms. The lowest BCUT2D eigenvalue weighted by Crippen LogP contribution is -2.48. The SMILES string of the molecule is COC(=O)[C@H]1CC[C@H]2CC(F)(F)c3cc(F)ccc3C(=O)N2C1. The summed E-state index contributed by atoms with van der Waals surface area (Å²) < 4.78 is 47.0. The van der Waals surface area contributed by atoms with Gasteiger partial charge in [0.25, 0.3) is 11.8 Å². The molecule has 1 saturated heterocycles. The largest absolute Gasteiger partial charge is 0.469 e. The van der Waals surface area contributed by atoms with Crippen LogP contribution in [0.1, 0.15) is 35.2 Å². The van der Waals surface area contributed by atoms with Gasteiger partial charge in [0.15, 0.2) is 0 Å². The molecule has 0 radical (unpaired) electrons. The number of carbonyl (C=O) groups is 2. The summed E-state index contributed by atoms with van der Waals surface area (Å²) in [5.41, 5.74) is -0.782. The van der Waals surface area contributed by atoms with Crippen molar-refractivity contribution in [2.45, 2.75) is 31.2 Å². The summed E-state index contributed by atoms with van der Waals surface area (Å²) in [6, 6.07) is 2.14. The number of fused-ring (bicyclic) bond motifs is 2. The van der Waals surface area contributed by atoms with Crippen molar-refractivity contribution in [2.24, 2.45) is 5.92 Å². The maximum Gasteiger partial charge on any atom is 0.310 e. The van der Waals surface area contributed by atoms with Crippen molar-refractivity contribution in [3.05, 3.63) is 35.1 Å². The lowest BCUT2D eigenvalue weighted by molar-refractivity contribution is -0.147. The van der Waals surface area contributed by atoms with Gasteiger partial charge >= 0.3 is 5.97 Å². The lowest BCUT2D eigenvalue weighted by Gasteiger charge is -2.38. The maximum absolute atomic E-state index is 14.5. The van der Waals surface area contributed by atoms with Gasteiger partial charge in [-0.25, -0.2) is 13.2 Å². The van der Waals surface area contributed by atoms with Gasteiger partial charge in [-0.05, 0) is 31.0 Å². The average molecular weight is 327 g/mol. The van der Waals surface area contributed by atoms with Crippen molar-refractivity contribution in [3.63, 3.8) is 0 Å². The Labute approximate surface area is 131 Å². The zero-order chi connectivity index (χ0) is 16.8. The zero-order valence-corrected chi connectivity index (χ0v) is 12.5. The molecular weight excluding hydrogens is 311 g/mol. The van der Waals surface area contributed by atoms with Gasteiger partial charge in [-0.15, -0.1) is 0 Å². The average Bonchev–Trinajstić information content (AvgIpc) is 2.60. The molecule has 0 aliphatic carbocycles. The van der Waals surface area contributed by atoms with Gasteiger partial charge < -0.3 is 9.64 Å². The van der Waals surface area contributed by atoms with Gasteiger partial charge in [0, 0.05) is 30.1 Å². The summed E-state index contributed by atoms with van der Waals surface area (Å²) in [7, 11) is 1.25. The number of piperidine rings is 1. The Kier molecular flexibility index (Phi) is 3.82. The van der Waals surface area contributed by atoms with Crippen molar-refractivity contribution in [1.82, 2.24) is 4.90 Å². The van der Waals surface area contributed by atoms with Crippen molar-refractivity contribution in [3.8, 4) is 0 Å². The van der Waals surface area contributed by atoms with E-state index in [0.29, 0.717) is 6.42 Å². The van der Waals surface area contributed by atoms with E-state index in [1.165, 1.54) is 12.0 Å². The number of hydrogen-bond acceptors (Lipinski definition) is 3. The number of hydrogen-bond donors (Lipinski definition) is 0. The first-order chi connectivity index (χ1) is 10.8. The molecule has 23 heavy (non-hydrogen) atoms. The molecule has 1 aromatic carbocycles. The van der Waals surface area contributed by atoms with Gasteiger partial charge in [-0.3, -0.25) is 9.59 Å². The fraction of sp³-hybridized carbons (Fsp3) is 0.500. The molecule has 0 bridgehead atoms. The molecule has 1 amide bonds. The van der Waals surface area contributed by atoms with Crippen LogP contribution in [0.4, 0.5) is 13.2 Å². The minimum absolute atomic E-state index is 0.0447. The summed E-state index contributed by atoms with van der Waals surface area (Å²) in [5, 5.41) is 0. The number of methoxy groups -OCH3 is 1. The molecule has 1 aromatic rings. The minimum Gasteiger partial charge on any atom is -0.469 e. The number of halogens is 3. The molecule has 0 saturated carbocycles. The predicted octanol–water partition coefficient (Wildman–Crippen LogP) is 2.72. The van der Waals surface area contributed by atoms with E-state index in [-0.39, 0.29) is 18.5 Å². The second kappa shape index (κ2) is 5.54. The Morgan fingerprint density at radius 3 is 2.78 bits per heavy atom. The van der Waals surface area contributed by atoms with Crippen molar-refractivity contribution in [1.29, 1.82) is 0 Å². The number of rotatable bonds is 1. The Balaban J connectivity index is 2.00. The van der Waals surface area contributed by atoms with Crippen LogP contribution in [0.5, 0.6) is 0 Å². The molecule has 2 atom stereocenters. The summed E-state index contributed by atoms with van der Waals surface area (Å²) >= 11 is 0. The fourth-order valence-corrected chi connectivity index (χ4v) is 3.41. The first-order valence-corrected chi connectivity index (χ1v) is 7.40. The Hall–Kier alpha value is -2.05. The number of ether oxygens (including phenoxy) is 1. The summed E-state index contributed by atoms with van der Waals surface area (Å²) in [4.78, 5) is 25.6. The van der Waals surface area contributed by atoms with Gasteiger partial charge in [0.2, 0.25) is 0 Å². The molecule has 2 heterocycles. The van der Waals surface area contributed by atoms with Crippen LogP contribution in [0.25, 0.3) is 0 Å². The van der Waals surface area contributed by atoms with E-state index < -0.39 is 47.6 Å². The highest BCUT2D eigenvalue weighted by molar-refractivity contribution is 5.97. The molecule has 2 aliphatic rings. The van der Waals surface area contributed by atoms with E-state index in [2.05, 4.69) is 4.74 Å². The van der Waals surface area contributed by atoms with E-state index in [4.69, 9.17) is 0 Å². The highest BCUT2D eigenvalue weighted by Gasteiger charge is 2.47. The molecule has 7 heteroatoms. The number of nitrogens with zero attached hydrogens (tertiary/aromatic N) is 1. The third-order valence-corrected chi connectivity index (χ3v) is 4.60. The number of esters is 1. The van der Waals surface area contributed by atoms with Crippen LogP contribution in [0.3, 0.4) is 0 Å². The van der Waals surface area contributed by atoms with Crippen LogP contribution >= 0.6 is 0 Å². The first kappa shape index (κ1) is 15.8. The van der Waals surface area contributed by atoms with Gasteiger partial charge in [-0.2, -0.15) is 0 Å². The van der Waals surface area contributed by atoms with Crippen molar-refractivity contribution < 1.29 is 27.5 Å². The topological polar surface area (TPSA) is 46.6 Å². The Morgan fingerprint density at radius 2 is 2.09 bits per heavy atom. The Morgan fingerprint density at radius 1 is 1.35 bits per heavy atom. The predicted molar refractivity (Wildman–Crippen MR) is 74.5 cm³/mol. The molecule has 3 rings (SSSR count). The third kappa shape index (κ3) is 2.68. The Bertz CT molecular complexity index is 662. The van der Waals surface area contributed by atoms with E-state index in [1.807, 2.05) is 0 Å². The van der Waals surface area contributed by atoms with Crippen LogP contribution in [0.15, 0.2) is 18.2 Å². The van der Waals surface area contributed by atoms with Crippen LogP contribution in [0.2, 0.25) is 0 Å². The molecular formula is C16H16F3NO3. The maximum atomic E-state index is 14.5. The van der Waals surface area contributed by atoms with Gasteiger partial charge in [-0.1, -0.05) is 0 Å². The van der Waals surface area contributed by atoms with Crippen LogP contribution in [0, 0.1) is 11.7 Å². The third-order valence-electron chi connectivity index (χ3n) is 4.60. The van der Waals surface area contributed by atoms with Gasteiger partial charge in [0.05, 0.1) is 13.0 Å². The molecule has 0 unspecified atom stereocenters. The van der Waals surface area contributed by atoms with Crippen LogP contribution < -0.4 is 0 Å². The summed E-state index contributed by atoms with van der Waals surface area (Å²) in [6.45, 7) is 0.0447. The van der Waals surface area contributed by atoms with E-state index in [0.717, 1.165) is 18.2 Å².